The van der Waals surface area contributed by atoms with E-state index in [1.165, 1.54) is 4.88 Å². The molecule has 2 unspecified atom stereocenters. The molecule has 6 nitrogen and oxygen atoms in total. The van der Waals surface area contributed by atoms with Gasteiger partial charge < -0.3 is 14.8 Å². The largest absolute Gasteiger partial charge is 0.494 e. The number of ether oxygens (including phenoxy) is 2. The van der Waals surface area contributed by atoms with Gasteiger partial charge in [-0.3, -0.25) is 0 Å². The monoisotopic (exact) mass is 428 g/mol. The van der Waals surface area contributed by atoms with Crippen LogP contribution >= 0.6 is 11.3 Å². The van der Waals surface area contributed by atoms with Crippen LogP contribution in [-0.4, -0.2) is 21.4 Å². The first-order chi connectivity index (χ1) is 15.3. The summed E-state index contributed by atoms with van der Waals surface area (Å²) in [5.74, 6) is 2.44. The maximum Gasteiger partial charge on any atom is 0.226 e. The Bertz CT molecular complexity index is 1260. The number of rotatable bonds is 4. The second-order valence-electron chi connectivity index (χ2n) is 7.40. The molecular weight excluding hydrogens is 408 g/mol. The van der Waals surface area contributed by atoms with Gasteiger partial charge in [-0.2, -0.15) is 10.1 Å². The fraction of sp³-hybridized carbons (Fsp3) is 0.167. The number of anilines is 1. The Kier molecular flexibility index (Phi) is 4.28. The summed E-state index contributed by atoms with van der Waals surface area (Å²) < 4.78 is 14.2. The fourth-order valence-corrected chi connectivity index (χ4v) is 5.15. The van der Waals surface area contributed by atoms with Crippen LogP contribution in [0.2, 0.25) is 0 Å². The van der Waals surface area contributed by atoms with Crippen LogP contribution in [0.5, 0.6) is 11.5 Å². The van der Waals surface area contributed by atoms with Crippen molar-refractivity contribution in [3.8, 4) is 11.5 Å². The van der Waals surface area contributed by atoms with Crippen molar-refractivity contribution in [2.45, 2.75) is 19.1 Å². The molecule has 0 fully saturated rings. The van der Waals surface area contributed by atoms with Crippen LogP contribution in [0, 0.1) is 0 Å². The van der Waals surface area contributed by atoms with Gasteiger partial charge in [0.2, 0.25) is 5.95 Å². The van der Waals surface area contributed by atoms with Gasteiger partial charge in [0, 0.05) is 16.0 Å². The molecule has 4 aromatic rings. The Balaban J connectivity index is 1.56. The van der Waals surface area contributed by atoms with Gasteiger partial charge in [0.15, 0.2) is 0 Å². The Morgan fingerprint density at radius 2 is 1.97 bits per heavy atom. The smallest absolute Gasteiger partial charge is 0.226 e. The molecule has 2 aliphatic rings. The highest BCUT2D eigenvalue weighted by Gasteiger charge is 2.41. The number of aromatic nitrogens is 3. The normalized spacial score (nSPS) is 19.0. The number of benzene rings is 2. The van der Waals surface area contributed by atoms with E-state index in [-0.39, 0.29) is 12.1 Å². The molecule has 31 heavy (non-hydrogen) atoms. The Morgan fingerprint density at radius 3 is 2.77 bits per heavy atom. The van der Waals surface area contributed by atoms with E-state index < -0.39 is 0 Å². The summed E-state index contributed by atoms with van der Waals surface area (Å²) in [5.41, 5.74) is 4.27. The fourth-order valence-electron chi connectivity index (χ4n) is 4.32. The molecule has 1 N–H and O–H groups in total. The summed E-state index contributed by atoms with van der Waals surface area (Å²) >= 11 is 1.71. The highest BCUT2D eigenvalue weighted by molar-refractivity contribution is 7.10. The van der Waals surface area contributed by atoms with E-state index in [0.29, 0.717) is 6.61 Å². The van der Waals surface area contributed by atoms with E-state index in [1.54, 1.807) is 17.7 Å². The predicted octanol–water partition coefficient (Wildman–Crippen LogP) is 5.30. The molecule has 0 amide bonds. The lowest BCUT2D eigenvalue weighted by Gasteiger charge is -2.38. The van der Waals surface area contributed by atoms with E-state index in [0.717, 1.165) is 39.8 Å². The van der Waals surface area contributed by atoms with Gasteiger partial charge in [-0.25, -0.2) is 4.68 Å². The van der Waals surface area contributed by atoms with Crippen molar-refractivity contribution in [3.63, 3.8) is 0 Å². The van der Waals surface area contributed by atoms with Crippen LogP contribution in [0.1, 0.15) is 35.1 Å². The van der Waals surface area contributed by atoms with Crippen LogP contribution < -0.4 is 14.8 Å². The zero-order valence-corrected chi connectivity index (χ0v) is 17.7. The lowest BCUT2D eigenvalue weighted by molar-refractivity contribution is 0.223. The summed E-state index contributed by atoms with van der Waals surface area (Å²) in [6, 6.07) is 20.4. The quantitative estimate of drug-likeness (QED) is 0.478. The van der Waals surface area contributed by atoms with Gasteiger partial charge in [0.25, 0.3) is 0 Å². The van der Waals surface area contributed by atoms with E-state index in [9.17, 15) is 0 Å². The third-order valence-corrected chi connectivity index (χ3v) is 6.55. The minimum Gasteiger partial charge on any atom is -0.494 e. The van der Waals surface area contributed by atoms with Crippen molar-refractivity contribution < 1.29 is 9.47 Å². The first-order valence-electron chi connectivity index (χ1n) is 10.3. The van der Waals surface area contributed by atoms with Gasteiger partial charge >= 0.3 is 0 Å². The first kappa shape index (κ1) is 18.2. The summed E-state index contributed by atoms with van der Waals surface area (Å²) in [4.78, 5) is 5.66. The molecule has 2 aromatic carbocycles. The maximum atomic E-state index is 6.61. The average molecular weight is 429 g/mol. The van der Waals surface area contributed by atoms with Crippen LogP contribution in [0.25, 0.3) is 5.70 Å². The number of fused-ring (bicyclic) bond motifs is 3. The highest BCUT2D eigenvalue weighted by atomic mass is 32.1. The topological polar surface area (TPSA) is 61.2 Å². The molecule has 4 heterocycles. The highest BCUT2D eigenvalue weighted by Crippen LogP contribution is 2.51. The summed E-state index contributed by atoms with van der Waals surface area (Å²) in [6.45, 7) is 2.63. The van der Waals surface area contributed by atoms with E-state index in [4.69, 9.17) is 9.47 Å². The second kappa shape index (κ2) is 7.28. The van der Waals surface area contributed by atoms with Crippen LogP contribution in [-0.2, 0) is 0 Å². The van der Waals surface area contributed by atoms with Gasteiger partial charge in [-0.15, -0.1) is 11.3 Å². The number of nitrogens with one attached hydrogen (secondary N) is 1. The van der Waals surface area contributed by atoms with Gasteiger partial charge in [-0.1, -0.05) is 30.3 Å². The molecule has 2 aliphatic heterocycles. The minimum absolute atomic E-state index is 0.0984. The van der Waals surface area contributed by atoms with Crippen molar-refractivity contribution in [2.75, 3.05) is 11.9 Å². The number of para-hydroxylation sites is 1. The molecule has 0 saturated heterocycles. The predicted molar refractivity (Wildman–Crippen MR) is 120 cm³/mol. The SMILES string of the molecule is CCOc1ccc(C2Oc3ccccc3C3=C2C(c2cccs2)n2ncnc2N3)cc1. The second-order valence-corrected chi connectivity index (χ2v) is 8.38. The Labute approximate surface area is 183 Å². The van der Waals surface area contributed by atoms with Crippen molar-refractivity contribution in [2.24, 2.45) is 0 Å². The number of hydrogen-bond acceptors (Lipinski definition) is 6. The van der Waals surface area contributed by atoms with Crippen molar-refractivity contribution in [1.82, 2.24) is 14.8 Å². The van der Waals surface area contributed by atoms with Crippen LogP contribution in [0.4, 0.5) is 5.95 Å². The molecule has 2 atom stereocenters. The molecule has 0 spiro atoms. The van der Waals surface area contributed by atoms with Gasteiger partial charge in [0.05, 0.1) is 12.3 Å². The minimum atomic E-state index is -0.266. The molecule has 0 bridgehead atoms. The third-order valence-electron chi connectivity index (χ3n) is 5.63. The van der Waals surface area contributed by atoms with Crippen molar-refractivity contribution in [1.29, 1.82) is 0 Å². The van der Waals surface area contributed by atoms with E-state index >= 15 is 0 Å². The molecule has 2 aromatic heterocycles. The number of thiophene rings is 1. The first-order valence-corrected chi connectivity index (χ1v) is 11.1. The van der Waals surface area contributed by atoms with Crippen molar-refractivity contribution >= 4 is 23.0 Å². The third kappa shape index (κ3) is 2.92. The maximum absolute atomic E-state index is 6.61. The zero-order valence-electron chi connectivity index (χ0n) is 16.9. The number of hydrogen-bond donors (Lipinski definition) is 1. The van der Waals surface area contributed by atoms with E-state index in [2.05, 4.69) is 51.1 Å². The lowest BCUT2D eigenvalue weighted by Crippen LogP contribution is -2.32. The van der Waals surface area contributed by atoms with Crippen LogP contribution in [0.3, 0.4) is 0 Å². The molecule has 6 rings (SSSR count). The number of nitrogens with zero attached hydrogens (tertiary/aromatic N) is 3. The van der Waals surface area contributed by atoms with Crippen LogP contribution in [0.15, 0.2) is 77.9 Å². The zero-order chi connectivity index (χ0) is 20.8. The molecule has 0 aliphatic carbocycles. The Morgan fingerprint density at radius 1 is 1.10 bits per heavy atom. The Hall–Kier alpha value is -3.58. The average Bonchev–Trinajstić information content (AvgIpc) is 3.50. The molecule has 0 saturated carbocycles. The van der Waals surface area contributed by atoms with Gasteiger partial charge in [0.1, 0.15) is 30.0 Å². The summed E-state index contributed by atoms with van der Waals surface area (Å²) in [5, 5.41) is 10.2. The molecule has 0 radical (unpaired) electrons. The summed E-state index contributed by atoms with van der Waals surface area (Å²) in [7, 11) is 0. The summed E-state index contributed by atoms with van der Waals surface area (Å²) in [6.07, 6.45) is 1.33. The van der Waals surface area contributed by atoms with Crippen molar-refractivity contribution in [3.05, 3.63) is 93.9 Å². The van der Waals surface area contributed by atoms with Gasteiger partial charge in [-0.05, 0) is 48.2 Å². The molecule has 154 valence electrons. The lowest BCUT2D eigenvalue weighted by atomic mass is 9.87. The van der Waals surface area contributed by atoms with E-state index in [1.807, 2.05) is 41.9 Å². The standard InChI is InChI=1S/C24H20N4O2S/c1-2-29-16-11-9-15(10-12-16)23-20-21(17-6-3-4-7-18(17)30-23)27-24-25-14-26-28(24)22(20)19-8-5-13-31-19/h3-14,22-23H,2H2,1H3,(H,25,26,27). The molecule has 7 heteroatoms. The molecular formula is C24H20N4O2S.